The van der Waals surface area contributed by atoms with Gasteiger partial charge in [-0.15, -0.1) is 0 Å². The Balaban J connectivity index is 2.39. The summed E-state index contributed by atoms with van der Waals surface area (Å²) in [5.74, 6) is -0.374. The first kappa shape index (κ1) is 16.2. The van der Waals surface area contributed by atoms with Gasteiger partial charge in [-0.3, -0.25) is 9.59 Å². The van der Waals surface area contributed by atoms with Crippen LogP contribution in [-0.2, 0) is 22.5 Å². The first-order valence-electron chi connectivity index (χ1n) is 7.29. The molecule has 1 unspecified atom stereocenters. The molecule has 1 N–H and O–H groups in total. The van der Waals surface area contributed by atoms with E-state index in [0.717, 1.165) is 0 Å². The number of hydrogen-bond acceptors (Lipinski definition) is 5. The Kier molecular flexibility index (Phi) is 5.27. The van der Waals surface area contributed by atoms with E-state index in [1.165, 1.54) is 6.92 Å². The van der Waals surface area contributed by atoms with Crippen molar-refractivity contribution in [3.05, 3.63) is 40.3 Å². The zero-order valence-electron chi connectivity index (χ0n) is 12.8. The molecule has 0 spiro atoms. The molecule has 1 atom stereocenters. The van der Waals surface area contributed by atoms with E-state index in [-0.39, 0.29) is 24.7 Å². The second-order valence-corrected chi connectivity index (χ2v) is 5.23. The third-order valence-corrected chi connectivity index (χ3v) is 3.34. The van der Waals surface area contributed by atoms with Crippen LogP contribution in [0.5, 0.6) is 0 Å². The molecule has 1 aromatic carbocycles. The third kappa shape index (κ3) is 3.92. The fourth-order valence-corrected chi connectivity index (χ4v) is 2.26. The van der Waals surface area contributed by atoms with Crippen molar-refractivity contribution in [2.45, 2.75) is 39.3 Å². The molecule has 0 amide bonds. The highest BCUT2D eigenvalue weighted by atomic mass is 16.5. The number of esters is 1. The SMILES string of the molecule is CC(=O)OCCn1c(=O)c(CCC(C)O)nc2ccccc21. The number of ether oxygens (including phenoxy) is 1. The Hall–Kier alpha value is -2.21. The zero-order chi connectivity index (χ0) is 16.1. The van der Waals surface area contributed by atoms with Crippen LogP contribution in [-0.4, -0.2) is 33.3 Å². The Morgan fingerprint density at radius 1 is 1.41 bits per heavy atom. The average molecular weight is 304 g/mol. The van der Waals surface area contributed by atoms with Crippen LogP contribution >= 0.6 is 0 Å². The molecule has 0 aliphatic carbocycles. The van der Waals surface area contributed by atoms with Crippen LogP contribution in [0.3, 0.4) is 0 Å². The molecular formula is C16H20N2O4. The zero-order valence-corrected chi connectivity index (χ0v) is 12.8. The number of rotatable bonds is 6. The summed E-state index contributed by atoms with van der Waals surface area (Å²) in [6, 6.07) is 7.34. The van der Waals surface area contributed by atoms with Gasteiger partial charge in [0.2, 0.25) is 0 Å². The van der Waals surface area contributed by atoms with Crippen molar-refractivity contribution in [3.63, 3.8) is 0 Å². The van der Waals surface area contributed by atoms with Crippen molar-refractivity contribution in [1.29, 1.82) is 0 Å². The number of aliphatic hydroxyl groups excluding tert-OH is 1. The highest BCUT2D eigenvalue weighted by Gasteiger charge is 2.12. The van der Waals surface area contributed by atoms with Gasteiger partial charge in [0.05, 0.1) is 23.7 Å². The van der Waals surface area contributed by atoms with Gasteiger partial charge >= 0.3 is 5.97 Å². The normalized spacial score (nSPS) is 12.3. The number of carbonyl (C=O) groups is 1. The first-order chi connectivity index (χ1) is 10.5. The summed E-state index contributed by atoms with van der Waals surface area (Å²) in [5, 5.41) is 9.40. The lowest BCUT2D eigenvalue weighted by atomic mass is 10.1. The van der Waals surface area contributed by atoms with Crippen LogP contribution in [0.25, 0.3) is 11.0 Å². The van der Waals surface area contributed by atoms with Gasteiger partial charge in [-0.1, -0.05) is 12.1 Å². The molecule has 2 rings (SSSR count). The maximum Gasteiger partial charge on any atom is 0.302 e. The van der Waals surface area contributed by atoms with Crippen molar-refractivity contribution < 1.29 is 14.6 Å². The van der Waals surface area contributed by atoms with Gasteiger partial charge in [0.15, 0.2) is 0 Å². The van der Waals surface area contributed by atoms with Gasteiger partial charge in [0.25, 0.3) is 5.56 Å². The molecule has 0 aliphatic heterocycles. The van der Waals surface area contributed by atoms with Gasteiger partial charge in [0, 0.05) is 6.92 Å². The van der Waals surface area contributed by atoms with Crippen molar-refractivity contribution in [3.8, 4) is 0 Å². The lowest BCUT2D eigenvalue weighted by Gasteiger charge is -2.12. The fraction of sp³-hybridized carbons (Fsp3) is 0.438. The molecule has 0 bridgehead atoms. The van der Waals surface area contributed by atoms with Gasteiger partial charge in [-0.25, -0.2) is 4.98 Å². The predicted octanol–water partition coefficient (Wildman–Crippen LogP) is 1.27. The summed E-state index contributed by atoms with van der Waals surface area (Å²) in [6.45, 7) is 3.43. The lowest BCUT2D eigenvalue weighted by molar-refractivity contribution is -0.141. The van der Waals surface area contributed by atoms with Crippen molar-refractivity contribution in [2.75, 3.05) is 6.61 Å². The molecule has 118 valence electrons. The number of aryl methyl sites for hydroxylation is 1. The molecule has 1 aromatic heterocycles. The van der Waals surface area contributed by atoms with Gasteiger partial charge < -0.3 is 14.4 Å². The Morgan fingerprint density at radius 3 is 2.82 bits per heavy atom. The van der Waals surface area contributed by atoms with E-state index in [9.17, 15) is 14.7 Å². The highest BCUT2D eigenvalue weighted by molar-refractivity contribution is 5.74. The quantitative estimate of drug-likeness (QED) is 0.813. The van der Waals surface area contributed by atoms with E-state index < -0.39 is 6.10 Å². The van der Waals surface area contributed by atoms with Gasteiger partial charge in [0.1, 0.15) is 12.3 Å². The standard InChI is InChI=1S/C16H20N2O4/c1-11(19)7-8-14-16(21)18(9-10-22-12(2)20)15-6-4-3-5-13(15)17-14/h3-6,11,19H,7-10H2,1-2H3. The Labute approximate surface area is 128 Å². The minimum atomic E-state index is -0.484. The van der Waals surface area contributed by atoms with Crippen molar-refractivity contribution >= 4 is 17.0 Å². The summed E-state index contributed by atoms with van der Waals surface area (Å²) in [6.07, 6.45) is 0.404. The number of para-hydroxylation sites is 2. The molecule has 0 saturated carbocycles. The summed E-state index contributed by atoms with van der Waals surface area (Å²) in [4.78, 5) is 27.8. The third-order valence-electron chi connectivity index (χ3n) is 3.34. The average Bonchev–Trinajstić information content (AvgIpc) is 2.47. The van der Waals surface area contributed by atoms with Crippen LogP contribution < -0.4 is 5.56 Å². The minimum absolute atomic E-state index is 0.138. The lowest BCUT2D eigenvalue weighted by Crippen LogP contribution is -2.28. The molecule has 1 heterocycles. The number of nitrogens with zero attached hydrogens (tertiary/aromatic N) is 2. The number of aromatic nitrogens is 2. The van der Waals surface area contributed by atoms with E-state index in [1.54, 1.807) is 11.5 Å². The molecule has 0 aliphatic rings. The van der Waals surface area contributed by atoms with Crippen molar-refractivity contribution in [1.82, 2.24) is 9.55 Å². The van der Waals surface area contributed by atoms with Crippen LogP contribution in [0.15, 0.2) is 29.1 Å². The molecular weight excluding hydrogens is 284 g/mol. The van der Waals surface area contributed by atoms with E-state index in [2.05, 4.69) is 4.98 Å². The largest absolute Gasteiger partial charge is 0.464 e. The smallest absolute Gasteiger partial charge is 0.302 e. The predicted molar refractivity (Wildman–Crippen MR) is 82.6 cm³/mol. The first-order valence-corrected chi connectivity index (χ1v) is 7.29. The molecule has 0 saturated heterocycles. The summed E-state index contributed by atoms with van der Waals surface area (Å²) in [5.41, 5.74) is 1.64. The van der Waals surface area contributed by atoms with E-state index in [1.807, 2.05) is 24.3 Å². The Bertz CT molecular complexity index is 722. The van der Waals surface area contributed by atoms with E-state index >= 15 is 0 Å². The number of benzene rings is 1. The number of carbonyl (C=O) groups excluding carboxylic acids is 1. The monoisotopic (exact) mass is 304 g/mol. The maximum absolute atomic E-state index is 12.5. The number of aliphatic hydroxyl groups is 1. The minimum Gasteiger partial charge on any atom is -0.464 e. The molecule has 0 radical (unpaired) electrons. The van der Waals surface area contributed by atoms with Gasteiger partial charge in [-0.05, 0) is 31.9 Å². The van der Waals surface area contributed by atoms with Crippen LogP contribution in [0, 0.1) is 0 Å². The van der Waals surface area contributed by atoms with Crippen LogP contribution in [0.1, 0.15) is 26.0 Å². The van der Waals surface area contributed by atoms with Crippen LogP contribution in [0.2, 0.25) is 0 Å². The highest BCUT2D eigenvalue weighted by Crippen LogP contribution is 2.11. The second kappa shape index (κ2) is 7.17. The Morgan fingerprint density at radius 2 is 2.14 bits per heavy atom. The van der Waals surface area contributed by atoms with Crippen molar-refractivity contribution in [2.24, 2.45) is 0 Å². The molecule has 0 fully saturated rings. The fourth-order valence-electron chi connectivity index (χ4n) is 2.26. The maximum atomic E-state index is 12.5. The molecule has 6 nitrogen and oxygen atoms in total. The van der Waals surface area contributed by atoms with E-state index in [4.69, 9.17) is 4.74 Å². The second-order valence-electron chi connectivity index (χ2n) is 5.23. The summed E-state index contributed by atoms with van der Waals surface area (Å²) in [7, 11) is 0. The summed E-state index contributed by atoms with van der Waals surface area (Å²) < 4.78 is 6.50. The molecule has 22 heavy (non-hydrogen) atoms. The molecule has 6 heteroatoms. The molecule has 2 aromatic rings. The van der Waals surface area contributed by atoms with Gasteiger partial charge in [-0.2, -0.15) is 0 Å². The topological polar surface area (TPSA) is 81.4 Å². The van der Waals surface area contributed by atoms with Crippen LogP contribution in [0.4, 0.5) is 0 Å². The number of hydrogen-bond donors (Lipinski definition) is 1. The summed E-state index contributed by atoms with van der Waals surface area (Å²) >= 11 is 0. The number of fused-ring (bicyclic) bond motifs is 1. The van der Waals surface area contributed by atoms with E-state index in [0.29, 0.717) is 29.6 Å².